The summed E-state index contributed by atoms with van der Waals surface area (Å²) >= 11 is 0. The number of hydrogen-bond acceptors (Lipinski definition) is 2. The first-order valence-corrected chi connectivity index (χ1v) is 12.3. The molecular formula is C23H30O3Si. The molecule has 3 nitrogen and oxygen atoms in total. The lowest BCUT2D eigenvalue weighted by Crippen LogP contribution is -2.40. The zero-order chi connectivity index (χ0) is 20.1. The van der Waals surface area contributed by atoms with Crippen molar-refractivity contribution in [1.82, 2.24) is 0 Å². The number of aromatic carboxylic acids is 1. The Kier molecular flexibility index (Phi) is 6.79. The average Bonchev–Trinajstić information content (AvgIpc) is 2.61. The van der Waals surface area contributed by atoms with Gasteiger partial charge in [0, 0.05) is 6.61 Å². The highest BCUT2D eigenvalue weighted by Crippen LogP contribution is 2.36. The summed E-state index contributed by atoms with van der Waals surface area (Å²) in [5, 5.41) is 9.78. The van der Waals surface area contributed by atoms with E-state index in [0.717, 1.165) is 23.1 Å². The van der Waals surface area contributed by atoms with Gasteiger partial charge in [0.2, 0.25) is 0 Å². The van der Waals surface area contributed by atoms with Gasteiger partial charge in [-0.05, 0) is 47.3 Å². The fourth-order valence-corrected chi connectivity index (χ4v) is 3.57. The van der Waals surface area contributed by atoms with Crippen molar-refractivity contribution in [3.8, 4) is 11.1 Å². The number of rotatable bonds is 7. The monoisotopic (exact) mass is 382 g/mol. The van der Waals surface area contributed by atoms with Crippen LogP contribution in [0.1, 0.15) is 43.1 Å². The molecule has 2 aromatic carbocycles. The van der Waals surface area contributed by atoms with E-state index in [9.17, 15) is 9.90 Å². The highest BCUT2D eigenvalue weighted by molar-refractivity contribution is 6.74. The third kappa shape index (κ3) is 5.65. The van der Waals surface area contributed by atoms with E-state index in [1.54, 1.807) is 6.07 Å². The molecule has 0 heterocycles. The summed E-state index contributed by atoms with van der Waals surface area (Å²) in [4.78, 5) is 11.7. The SMILES string of the molecule is CC(C)(C)[Si](C)(C)OCCC=Cc1ccc(-c2ccccc2)cc1C(=O)O. The van der Waals surface area contributed by atoms with Crippen LogP contribution in [0.4, 0.5) is 0 Å². The van der Waals surface area contributed by atoms with E-state index in [1.165, 1.54) is 0 Å². The minimum absolute atomic E-state index is 0.195. The summed E-state index contributed by atoms with van der Waals surface area (Å²) in [6.07, 6.45) is 4.65. The van der Waals surface area contributed by atoms with E-state index in [0.29, 0.717) is 12.2 Å². The molecule has 1 N–H and O–H groups in total. The summed E-state index contributed by atoms with van der Waals surface area (Å²) in [5.41, 5.74) is 2.96. The Morgan fingerprint density at radius 1 is 1.07 bits per heavy atom. The Morgan fingerprint density at radius 3 is 2.33 bits per heavy atom. The highest BCUT2D eigenvalue weighted by atomic mass is 28.4. The van der Waals surface area contributed by atoms with Gasteiger partial charge in [-0.2, -0.15) is 0 Å². The average molecular weight is 383 g/mol. The molecule has 0 saturated heterocycles. The van der Waals surface area contributed by atoms with Crippen LogP contribution in [0.2, 0.25) is 18.1 Å². The van der Waals surface area contributed by atoms with Crippen molar-refractivity contribution in [1.29, 1.82) is 0 Å². The molecule has 144 valence electrons. The molecular weight excluding hydrogens is 352 g/mol. The molecule has 2 aromatic rings. The van der Waals surface area contributed by atoms with E-state index >= 15 is 0 Å². The maximum Gasteiger partial charge on any atom is 0.336 e. The van der Waals surface area contributed by atoms with Crippen LogP contribution in [0.15, 0.2) is 54.6 Å². The van der Waals surface area contributed by atoms with Crippen molar-refractivity contribution in [2.24, 2.45) is 0 Å². The van der Waals surface area contributed by atoms with Crippen molar-refractivity contribution in [2.45, 2.75) is 45.3 Å². The second kappa shape index (κ2) is 8.68. The number of hydrogen-bond donors (Lipinski definition) is 1. The Bertz CT molecular complexity index is 802. The number of carboxylic acids is 1. The second-order valence-electron chi connectivity index (χ2n) is 8.27. The van der Waals surface area contributed by atoms with Gasteiger partial charge in [-0.15, -0.1) is 0 Å². The predicted molar refractivity (Wildman–Crippen MR) is 116 cm³/mol. The zero-order valence-electron chi connectivity index (χ0n) is 17.0. The van der Waals surface area contributed by atoms with Crippen LogP contribution in [0.25, 0.3) is 17.2 Å². The molecule has 0 aliphatic rings. The van der Waals surface area contributed by atoms with Crippen LogP contribution in [-0.2, 0) is 4.43 Å². The molecule has 2 rings (SSSR count). The topological polar surface area (TPSA) is 46.5 Å². The third-order valence-corrected chi connectivity index (χ3v) is 9.78. The van der Waals surface area contributed by atoms with E-state index in [1.807, 2.05) is 54.6 Å². The minimum Gasteiger partial charge on any atom is -0.478 e. The fourth-order valence-electron chi connectivity index (χ4n) is 2.51. The van der Waals surface area contributed by atoms with Crippen molar-refractivity contribution >= 4 is 20.4 Å². The Hall–Kier alpha value is -2.17. The van der Waals surface area contributed by atoms with Gasteiger partial charge in [-0.3, -0.25) is 0 Å². The van der Waals surface area contributed by atoms with Crippen LogP contribution in [0, 0.1) is 0 Å². The fraction of sp³-hybridized carbons (Fsp3) is 0.348. The molecule has 0 fully saturated rings. The van der Waals surface area contributed by atoms with Crippen molar-refractivity contribution in [2.75, 3.05) is 6.61 Å². The molecule has 0 amide bonds. The summed E-state index contributed by atoms with van der Waals surface area (Å²) < 4.78 is 6.16. The molecule has 27 heavy (non-hydrogen) atoms. The molecule has 0 bridgehead atoms. The van der Waals surface area contributed by atoms with Gasteiger partial charge < -0.3 is 9.53 Å². The van der Waals surface area contributed by atoms with E-state index in [4.69, 9.17) is 4.43 Å². The lowest BCUT2D eigenvalue weighted by atomic mass is 9.99. The van der Waals surface area contributed by atoms with Gasteiger partial charge in [0.1, 0.15) is 0 Å². The van der Waals surface area contributed by atoms with Gasteiger partial charge in [0.25, 0.3) is 0 Å². The van der Waals surface area contributed by atoms with Crippen LogP contribution in [0.3, 0.4) is 0 Å². The maximum absolute atomic E-state index is 11.7. The van der Waals surface area contributed by atoms with Gasteiger partial charge in [0.15, 0.2) is 8.32 Å². The van der Waals surface area contributed by atoms with E-state index < -0.39 is 14.3 Å². The van der Waals surface area contributed by atoms with Crippen molar-refractivity contribution < 1.29 is 14.3 Å². The quantitative estimate of drug-likeness (QED) is 0.440. The number of carbonyl (C=O) groups is 1. The van der Waals surface area contributed by atoms with Gasteiger partial charge >= 0.3 is 5.97 Å². The van der Waals surface area contributed by atoms with Gasteiger partial charge in [-0.1, -0.05) is 75.4 Å². The van der Waals surface area contributed by atoms with Crippen LogP contribution in [0.5, 0.6) is 0 Å². The second-order valence-corrected chi connectivity index (χ2v) is 13.1. The molecule has 0 aliphatic heterocycles. The maximum atomic E-state index is 11.7. The molecule has 0 unspecified atom stereocenters. The van der Waals surface area contributed by atoms with Crippen LogP contribution < -0.4 is 0 Å². The molecule has 0 atom stereocenters. The van der Waals surface area contributed by atoms with E-state index in [2.05, 4.69) is 33.9 Å². The van der Waals surface area contributed by atoms with Crippen LogP contribution in [-0.4, -0.2) is 26.0 Å². The van der Waals surface area contributed by atoms with Gasteiger partial charge in [0.05, 0.1) is 5.56 Å². The standard InChI is InChI=1S/C23H30O3Si/c1-23(2,3)27(4,5)26-16-10-9-13-19-14-15-20(17-21(19)22(24)25)18-11-7-6-8-12-18/h6-9,11-15,17H,10,16H2,1-5H3,(H,24,25). The first-order valence-electron chi connectivity index (χ1n) is 9.35. The molecule has 0 aromatic heterocycles. The van der Waals surface area contributed by atoms with Crippen LogP contribution >= 0.6 is 0 Å². The normalized spacial score (nSPS) is 12.5. The predicted octanol–water partition coefficient (Wildman–Crippen LogP) is 6.48. The molecule has 0 aliphatic carbocycles. The minimum atomic E-state index is -1.74. The lowest BCUT2D eigenvalue weighted by Gasteiger charge is -2.36. The Labute approximate surface area is 163 Å². The molecule has 4 heteroatoms. The summed E-state index contributed by atoms with van der Waals surface area (Å²) in [7, 11) is -1.74. The summed E-state index contributed by atoms with van der Waals surface area (Å²) in [6, 6.07) is 15.4. The first-order chi connectivity index (χ1) is 12.6. The largest absolute Gasteiger partial charge is 0.478 e. The first kappa shape index (κ1) is 21.1. The van der Waals surface area contributed by atoms with E-state index in [-0.39, 0.29) is 5.04 Å². The number of carboxylic acid groups (broad SMARTS) is 1. The van der Waals surface area contributed by atoms with Crippen molar-refractivity contribution in [3.63, 3.8) is 0 Å². The molecule has 0 spiro atoms. The Balaban J connectivity index is 2.08. The number of benzene rings is 2. The molecule has 0 radical (unpaired) electrons. The smallest absolute Gasteiger partial charge is 0.336 e. The van der Waals surface area contributed by atoms with Crippen molar-refractivity contribution in [3.05, 3.63) is 65.7 Å². The molecule has 0 saturated carbocycles. The zero-order valence-corrected chi connectivity index (χ0v) is 18.0. The van der Waals surface area contributed by atoms with Gasteiger partial charge in [-0.25, -0.2) is 4.79 Å². The highest BCUT2D eigenvalue weighted by Gasteiger charge is 2.36. The third-order valence-electron chi connectivity index (χ3n) is 5.24. The summed E-state index contributed by atoms with van der Waals surface area (Å²) in [5.74, 6) is -0.912. The Morgan fingerprint density at radius 2 is 1.74 bits per heavy atom. The summed E-state index contributed by atoms with van der Waals surface area (Å²) in [6.45, 7) is 11.8. The lowest BCUT2D eigenvalue weighted by molar-refractivity contribution is 0.0696.